The van der Waals surface area contributed by atoms with E-state index in [-0.39, 0.29) is 11.7 Å². The molecule has 0 radical (unpaired) electrons. The predicted octanol–water partition coefficient (Wildman–Crippen LogP) is 2.89. The number of amides is 1. The van der Waals surface area contributed by atoms with E-state index in [2.05, 4.69) is 25.4 Å². The van der Waals surface area contributed by atoms with Gasteiger partial charge in [-0.3, -0.25) is 14.7 Å². The normalized spacial score (nSPS) is 15.2. The number of carbonyl (C=O) groups excluding carboxylic acids is 1. The van der Waals surface area contributed by atoms with Gasteiger partial charge in [-0.15, -0.1) is 0 Å². The van der Waals surface area contributed by atoms with Crippen LogP contribution in [-0.4, -0.2) is 68.0 Å². The summed E-state index contributed by atoms with van der Waals surface area (Å²) in [5, 5.41) is 6.67. The Balaban J connectivity index is 1.37. The molecule has 1 amide bonds. The Morgan fingerprint density at radius 1 is 1.19 bits per heavy atom. The maximum atomic E-state index is 14.0. The second-order valence-corrected chi connectivity index (χ2v) is 7.89. The highest BCUT2D eigenvalue weighted by Crippen LogP contribution is 2.21. The van der Waals surface area contributed by atoms with Crippen LogP contribution < -0.4 is 10.6 Å². The van der Waals surface area contributed by atoms with Crippen molar-refractivity contribution in [1.29, 1.82) is 0 Å². The van der Waals surface area contributed by atoms with E-state index in [1.54, 1.807) is 25.2 Å². The number of benzene rings is 1. The zero-order chi connectivity index (χ0) is 22.2. The molecule has 1 fully saturated rings. The highest BCUT2D eigenvalue weighted by molar-refractivity contribution is 6.31. The van der Waals surface area contributed by atoms with Gasteiger partial charge < -0.3 is 20.0 Å². The van der Waals surface area contributed by atoms with Crippen LogP contribution in [0.5, 0.6) is 0 Å². The highest BCUT2D eigenvalue weighted by Gasteiger charge is 2.21. The van der Waals surface area contributed by atoms with Crippen LogP contribution in [0.1, 0.15) is 28.1 Å². The first kappa shape index (κ1) is 23.1. The molecule has 0 spiro atoms. The number of aliphatic imine (C=N–C) groups is 1. The molecule has 9 heteroatoms. The van der Waals surface area contributed by atoms with E-state index in [4.69, 9.17) is 16.0 Å². The minimum absolute atomic E-state index is 0.196. The van der Waals surface area contributed by atoms with Crippen LogP contribution in [0.2, 0.25) is 5.02 Å². The summed E-state index contributed by atoms with van der Waals surface area (Å²) in [6.07, 6.45) is 2.27. The van der Waals surface area contributed by atoms with Gasteiger partial charge in [-0.2, -0.15) is 0 Å². The Bertz CT molecular complexity index is 889. The van der Waals surface area contributed by atoms with Crippen molar-refractivity contribution in [1.82, 2.24) is 20.4 Å². The van der Waals surface area contributed by atoms with Gasteiger partial charge in [0.05, 0.1) is 6.26 Å². The first-order valence-corrected chi connectivity index (χ1v) is 10.8. The molecule has 168 valence electrons. The number of halogens is 2. The molecule has 1 saturated heterocycles. The van der Waals surface area contributed by atoms with E-state index >= 15 is 0 Å². The topological polar surface area (TPSA) is 73.1 Å². The standard InChI is InChI=1S/C22H29ClFN5O2/c1-16-7-14-31-20(16)21(30)26-8-4-9-27-22(25-2)29-12-10-28(11-13-29)15-17-18(23)5-3-6-19(17)24/h3,5-7,14H,4,8-13,15H2,1-2H3,(H,25,27)(H,26,30). The first-order valence-electron chi connectivity index (χ1n) is 10.4. The first-order chi connectivity index (χ1) is 15.0. The van der Waals surface area contributed by atoms with Crippen molar-refractivity contribution in [2.24, 2.45) is 4.99 Å². The fourth-order valence-electron chi connectivity index (χ4n) is 3.53. The zero-order valence-electron chi connectivity index (χ0n) is 18.0. The molecule has 2 aromatic rings. The third-order valence-corrected chi connectivity index (χ3v) is 5.67. The van der Waals surface area contributed by atoms with Crippen molar-refractivity contribution in [2.45, 2.75) is 19.9 Å². The van der Waals surface area contributed by atoms with E-state index in [1.165, 1.54) is 12.3 Å². The van der Waals surface area contributed by atoms with Gasteiger partial charge in [0.15, 0.2) is 11.7 Å². The van der Waals surface area contributed by atoms with E-state index < -0.39 is 0 Å². The van der Waals surface area contributed by atoms with Crippen molar-refractivity contribution >= 4 is 23.5 Å². The molecule has 0 aliphatic carbocycles. The van der Waals surface area contributed by atoms with Gasteiger partial charge in [0.1, 0.15) is 5.82 Å². The van der Waals surface area contributed by atoms with Gasteiger partial charge in [0, 0.05) is 69.0 Å². The maximum Gasteiger partial charge on any atom is 0.287 e. The lowest BCUT2D eigenvalue weighted by atomic mass is 10.2. The quantitative estimate of drug-likeness (QED) is 0.386. The minimum Gasteiger partial charge on any atom is -0.459 e. The average molecular weight is 450 g/mol. The maximum absolute atomic E-state index is 14.0. The SMILES string of the molecule is CN=C(NCCCNC(=O)c1occc1C)N1CCN(Cc2c(F)cccc2Cl)CC1. The third-order valence-electron chi connectivity index (χ3n) is 5.32. The van der Waals surface area contributed by atoms with E-state index in [0.717, 1.165) is 44.1 Å². The summed E-state index contributed by atoms with van der Waals surface area (Å²) in [4.78, 5) is 20.8. The molecule has 1 aliphatic heterocycles. The Kier molecular flexibility index (Phi) is 8.31. The molecular weight excluding hydrogens is 421 g/mol. The van der Waals surface area contributed by atoms with Gasteiger partial charge >= 0.3 is 0 Å². The molecule has 31 heavy (non-hydrogen) atoms. The zero-order valence-corrected chi connectivity index (χ0v) is 18.7. The van der Waals surface area contributed by atoms with E-state index in [9.17, 15) is 9.18 Å². The fourth-order valence-corrected chi connectivity index (χ4v) is 3.76. The largest absolute Gasteiger partial charge is 0.459 e. The molecule has 1 aromatic heterocycles. The summed E-state index contributed by atoms with van der Waals surface area (Å²) in [5.74, 6) is 0.731. The Labute approximate surface area is 187 Å². The molecule has 0 unspecified atom stereocenters. The summed E-state index contributed by atoms with van der Waals surface area (Å²) in [6, 6.07) is 6.56. The number of carbonyl (C=O) groups is 1. The van der Waals surface area contributed by atoms with Crippen molar-refractivity contribution in [3.8, 4) is 0 Å². The molecule has 2 heterocycles. The second-order valence-electron chi connectivity index (χ2n) is 7.48. The van der Waals surface area contributed by atoms with Crippen LogP contribution in [0.25, 0.3) is 0 Å². The van der Waals surface area contributed by atoms with Crippen LogP contribution in [0, 0.1) is 12.7 Å². The number of piperazine rings is 1. The van der Waals surface area contributed by atoms with Gasteiger partial charge in [0.25, 0.3) is 5.91 Å². The molecule has 1 aromatic carbocycles. The summed E-state index contributed by atoms with van der Waals surface area (Å²) in [5.41, 5.74) is 1.37. The average Bonchev–Trinajstić information content (AvgIpc) is 3.20. The molecule has 0 bridgehead atoms. The number of rotatable bonds is 7. The van der Waals surface area contributed by atoms with Gasteiger partial charge in [-0.25, -0.2) is 4.39 Å². The number of nitrogens with zero attached hydrogens (tertiary/aromatic N) is 3. The Hall–Kier alpha value is -2.58. The fraction of sp³-hybridized carbons (Fsp3) is 0.455. The summed E-state index contributed by atoms with van der Waals surface area (Å²) in [7, 11) is 1.76. The lowest BCUT2D eigenvalue weighted by Gasteiger charge is -2.36. The van der Waals surface area contributed by atoms with Gasteiger partial charge in [-0.1, -0.05) is 17.7 Å². The number of hydrogen-bond acceptors (Lipinski definition) is 4. The molecule has 2 N–H and O–H groups in total. The van der Waals surface area contributed by atoms with E-state index in [0.29, 0.717) is 36.0 Å². The molecule has 1 aliphatic rings. The lowest BCUT2D eigenvalue weighted by Crippen LogP contribution is -2.52. The van der Waals surface area contributed by atoms with E-state index in [1.807, 2.05) is 6.92 Å². The van der Waals surface area contributed by atoms with Crippen LogP contribution in [0.3, 0.4) is 0 Å². The molecule has 0 saturated carbocycles. The van der Waals surface area contributed by atoms with Gasteiger partial charge in [-0.05, 0) is 31.5 Å². The Morgan fingerprint density at radius 2 is 1.94 bits per heavy atom. The number of guanidine groups is 1. The number of furan rings is 1. The van der Waals surface area contributed by atoms with Crippen molar-refractivity contribution < 1.29 is 13.6 Å². The van der Waals surface area contributed by atoms with Crippen LogP contribution >= 0.6 is 11.6 Å². The molecule has 7 nitrogen and oxygen atoms in total. The predicted molar refractivity (Wildman–Crippen MR) is 120 cm³/mol. The van der Waals surface area contributed by atoms with Crippen LogP contribution in [0.15, 0.2) is 39.9 Å². The number of nitrogens with one attached hydrogen (secondary N) is 2. The smallest absolute Gasteiger partial charge is 0.287 e. The minimum atomic E-state index is -0.262. The third kappa shape index (κ3) is 6.21. The Morgan fingerprint density at radius 3 is 2.58 bits per heavy atom. The summed E-state index contributed by atoms with van der Waals surface area (Å²) >= 11 is 6.15. The highest BCUT2D eigenvalue weighted by atomic mass is 35.5. The molecule has 3 rings (SSSR count). The molecule has 0 atom stereocenters. The van der Waals surface area contributed by atoms with Crippen molar-refractivity contribution in [3.05, 3.63) is 58.3 Å². The van der Waals surface area contributed by atoms with Crippen LogP contribution in [0.4, 0.5) is 4.39 Å². The lowest BCUT2D eigenvalue weighted by molar-refractivity contribution is 0.0925. The second kappa shape index (κ2) is 11.2. The monoisotopic (exact) mass is 449 g/mol. The van der Waals surface area contributed by atoms with Crippen LogP contribution in [-0.2, 0) is 6.54 Å². The summed E-state index contributed by atoms with van der Waals surface area (Å²) < 4.78 is 19.2. The molecular formula is C22H29ClFN5O2. The number of aryl methyl sites for hydroxylation is 1. The van der Waals surface area contributed by atoms with Crippen molar-refractivity contribution in [3.63, 3.8) is 0 Å². The summed E-state index contributed by atoms with van der Waals surface area (Å²) in [6.45, 7) is 6.75. The number of hydrogen-bond donors (Lipinski definition) is 2. The van der Waals surface area contributed by atoms with Crippen molar-refractivity contribution in [2.75, 3.05) is 46.3 Å². The van der Waals surface area contributed by atoms with Gasteiger partial charge in [0.2, 0.25) is 0 Å².